The van der Waals surface area contributed by atoms with Crippen molar-refractivity contribution in [3.8, 4) is 0 Å². The molecule has 2 heterocycles. The highest BCUT2D eigenvalue weighted by molar-refractivity contribution is 5.81. The first-order valence-corrected chi connectivity index (χ1v) is 6.94. The molecule has 1 saturated heterocycles. The minimum absolute atomic E-state index is 0.246. The molecule has 4 nitrogen and oxygen atoms in total. The number of nitrogens with zero attached hydrogens (tertiary/aromatic N) is 3. The summed E-state index contributed by atoms with van der Waals surface area (Å²) < 4.78 is 0. The van der Waals surface area contributed by atoms with E-state index in [4.69, 9.17) is 0 Å². The first-order chi connectivity index (χ1) is 8.98. The van der Waals surface area contributed by atoms with Crippen LogP contribution in [0.5, 0.6) is 0 Å². The van der Waals surface area contributed by atoms with Gasteiger partial charge in [0.1, 0.15) is 5.82 Å². The highest BCUT2D eigenvalue weighted by Gasteiger charge is 2.28. The van der Waals surface area contributed by atoms with Crippen LogP contribution >= 0.6 is 0 Å². The summed E-state index contributed by atoms with van der Waals surface area (Å²) in [6, 6.07) is 5.96. The van der Waals surface area contributed by atoms with E-state index in [1.54, 1.807) is 0 Å². The van der Waals surface area contributed by atoms with E-state index in [2.05, 4.69) is 9.88 Å². The second-order valence-corrected chi connectivity index (χ2v) is 6.07. The Bertz CT molecular complexity index is 425. The van der Waals surface area contributed by atoms with Gasteiger partial charge in [-0.3, -0.25) is 4.79 Å². The first kappa shape index (κ1) is 13.8. The highest BCUT2D eigenvalue weighted by Crippen LogP contribution is 2.20. The minimum Gasteiger partial charge on any atom is -0.355 e. The molecular formula is C15H23N3O. The summed E-state index contributed by atoms with van der Waals surface area (Å²) >= 11 is 0. The van der Waals surface area contributed by atoms with E-state index >= 15 is 0 Å². The van der Waals surface area contributed by atoms with E-state index in [0.29, 0.717) is 0 Å². The SMILES string of the molecule is CC(C)(C)C(=O)N1CCCN(c2ccccn2)CC1. The van der Waals surface area contributed by atoms with Gasteiger partial charge in [0.05, 0.1) is 0 Å². The molecule has 0 aromatic carbocycles. The topological polar surface area (TPSA) is 36.4 Å². The molecule has 0 radical (unpaired) electrons. The predicted molar refractivity (Wildman–Crippen MR) is 77.1 cm³/mol. The van der Waals surface area contributed by atoms with Crippen molar-refractivity contribution in [2.45, 2.75) is 27.2 Å². The number of carbonyl (C=O) groups is 1. The van der Waals surface area contributed by atoms with Crippen LogP contribution in [0.15, 0.2) is 24.4 Å². The van der Waals surface area contributed by atoms with Crippen molar-refractivity contribution < 1.29 is 4.79 Å². The molecule has 0 N–H and O–H groups in total. The van der Waals surface area contributed by atoms with E-state index in [9.17, 15) is 4.79 Å². The largest absolute Gasteiger partial charge is 0.355 e. The summed E-state index contributed by atoms with van der Waals surface area (Å²) in [5, 5.41) is 0. The van der Waals surface area contributed by atoms with Crippen LogP contribution < -0.4 is 4.90 Å². The molecule has 1 fully saturated rings. The van der Waals surface area contributed by atoms with E-state index in [-0.39, 0.29) is 11.3 Å². The van der Waals surface area contributed by atoms with Gasteiger partial charge in [-0.1, -0.05) is 26.8 Å². The summed E-state index contributed by atoms with van der Waals surface area (Å²) in [6.45, 7) is 9.40. The number of hydrogen-bond acceptors (Lipinski definition) is 3. The van der Waals surface area contributed by atoms with E-state index in [1.807, 2.05) is 50.1 Å². The zero-order valence-corrected chi connectivity index (χ0v) is 12.1. The van der Waals surface area contributed by atoms with Gasteiger partial charge < -0.3 is 9.80 Å². The lowest BCUT2D eigenvalue weighted by atomic mass is 9.94. The number of carbonyl (C=O) groups excluding carboxylic acids is 1. The van der Waals surface area contributed by atoms with Crippen LogP contribution in [-0.4, -0.2) is 42.0 Å². The Morgan fingerprint density at radius 2 is 1.95 bits per heavy atom. The van der Waals surface area contributed by atoms with Crippen LogP contribution in [0.1, 0.15) is 27.2 Å². The molecule has 0 saturated carbocycles. The van der Waals surface area contributed by atoms with E-state index in [1.165, 1.54) is 0 Å². The smallest absolute Gasteiger partial charge is 0.228 e. The van der Waals surface area contributed by atoms with Crippen LogP contribution in [0.3, 0.4) is 0 Å². The van der Waals surface area contributed by atoms with Gasteiger partial charge in [0.25, 0.3) is 0 Å². The summed E-state index contributed by atoms with van der Waals surface area (Å²) in [4.78, 5) is 20.9. The molecule has 1 aromatic rings. The Balaban J connectivity index is 2.01. The number of pyridine rings is 1. The minimum atomic E-state index is -0.292. The van der Waals surface area contributed by atoms with Crippen molar-refractivity contribution in [1.29, 1.82) is 0 Å². The normalized spacial score (nSPS) is 17.2. The Labute approximate surface area is 115 Å². The fraction of sp³-hybridized carbons (Fsp3) is 0.600. The maximum absolute atomic E-state index is 12.3. The van der Waals surface area contributed by atoms with Gasteiger partial charge in [0, 0.05) is 37.8 Å². The van der Waals surface area contributed by atoms with Crippen molar-refractivity contribution >= 4 is 11.7 Å². The van der Waals surface area contributed by atoms with Crippen molar-refractivity contribution in [3.63, 3.8) is 0 Å². The molecule has 4 heteroatoms. The maximum Gasteiger partial charge on any atom is 0.228 e. The number of hydrogen-bond donors (Lipinski definition) is 0. The molecule has 0 unspecified atom stereocenters. The third-order valence-electron chi connectivity index (χ3n) is 3.40. The number of amides is 1. The monoisotopic (exact) mass is 261 g/mol. The summed E-state index contributed by atoms with van der Waals surface area (Å²) in [6.07, 6.45) is 2.82. The summed E-state index contributed by atoms with van der Waals surface area (Å²) in [5.41, 5.74) is -0.292. The fourth-order valence-electron chi connectivity index (χ4n) is 2.36. The molecule has 1 aliphatic rings. The lowest BCUT2D eigenvalue weighted by Crippen LogP contribution is -2.41. The lowest BCUT2D eigenvalue weighted by Gasteiger charge is -2.28. The molecule has 0 atom stereocenters. The highest BCUT2D eigenvalue weighted by atomic mass is 16.2. The maximum atomic E-state index is 12.3. The molecule has 19 heavy (non-hydrogen) atoms. The zero-order valence-electron chi connectivity index (χ0n) is 12.1. The third-order valence-corrected chi connectivity index (χ3v) is 3.40. The second kappa shape index (κ2) is 5.59. The van der Waals surface area contributed by atoms with Crippen molar-refractivity contribution in [2.75, 3.05) is 31.1 Å². The van der Waals surface area contributed by atoms with Crippen molar-refractivity contribution in [1.82, 2.24) is 9.88 Å². The summed E-state index contributed by atoms with van der Waals surface area (Å²) in [7, 11) is 0. The van der Waals surface area contributed by atoms with Gasteiger partial charge in [-0.05, 0) is 18.6 Å². The Kier molecular flexibility index (Phi) is 4.08. The molecule has 0 bridgehead atoms. The number of aromatic nitrogens is 1. The van der Waals surface area contributed by atoms with Gasteiger partial charge in [-0.2, -0.15) is 0 Å². The Morgan fingerprint density at radius 3 is 2.58 bits per heavy atom. The van der Waals surface area contributed by atoms with Gasteiger partial charge in [0.2, 0.25) is 5.91 Å². The molecule has 0 aliphatic carbocycles. The van der Waals surface area contributed by atoms with Gasteiger partial charge >= 0.3 is 0 Å². The molecular weight excluding hydrogens is 238 g/mol. The average molecular weight is 261 g/mol. The first-order valence-electron chi connectivity index (χ1n) is 6.94. The number of anilines is 1. The second-order valence-electron chi connectivity index (χ2n) is 6.07. The Morgan fingerprint density at radius 1 is 1.16 bits per heavy atom. The lowest BCUT2D eigenvalue weighted by molar-refractivity contribution is -0.139. The molecule has 2 rings (SSSR count). The Hall–Kier alpha value is -1.58. The molecule has 0 spiro atoms. The van der Waals surface area contributed by atoms with Crippen molar-refractivity contribution in [3.05, 3.63) is 24.4 Å². The van der Waals surface area contributed by atoms with Crippen LogP contribution in [-0.2, 0) is 4.79 Å². The zero-order chi connectivity index (χ0) is 13.9. The van der Waals surface area contributed by atoms with Crippen LogP contribution in [0.2, 0.25) is 0 Å². The van der Waals surface area contributed by atoms with E-state index < -0.39 is 0 Å². The van der Waals surface area contributed by atoms with Crippen molar-refractivity contribution in [2.24, 2.45) is 5.41 Å². The quantitative estimate of drug-likeness (QED) is 0.777. The molecule has 104 valence electrons. The van der Waals surface area contributed by atoms with Crippen LogP contribution in [0.25, 0.3) is 0 Å². The summed E-state index contributed by atoms with van der Waals surface area (Å²) in [5.74, 6) is 1.25. The van der Waals surface area contributed by atoms with E-state index in [0.717, 1.165) is 38.4 Å². The molecule has 1 amide bonds. The van der Waals surface area contributed by atoms with Gasteiger partial charge in [0.15, 0.2) is 0 Å². The fourth-order valence-corrected chi connectivity index (χ4v) is 2.36. The standard InChI is InChI=1S/C15H23N3O/c1-15(2,3)14(19)18-10-6-9-17(11-12-18)13-7-4-5-8-16-13/h4-5,7-8H,6,9-12H2,1-3H3. The molecule has 1 aromatic heterocycles. The van der Waals surface area contributed by atoms with Gasteiger partial charge in [-0.25, -0.2) is 4.98 Å². The average Bonchev–Trinajstić information content (AvgIpc) is 2.63. The number of rotatable bonds is 1. The third kappa shape index (κ3) is 3.46. The molecule has 1 aliphatic heterocycles. The predicted octanol–water partition coefficient (Wildman–Crippen LogP) is 2.17. The van der Waals surface area contributed by atoms with Crippen LogP contribution in [0, 0.1) is 5.41 Å². The van der Waals surface area contributed by atoms with Gasteiger partial charge in [-0.15, -0.1) is 0 Å². The van der Waals surface area contributed by atoms with Crippen LogP contribution in [0.4, 0.5) is 5.82 Å².